The predicted molar refractivity (Wildman–Crippen MR) is 94.3 cm³/mol. The third kappa shape index (κ3) is 3.84. The molecule has 3 rings (SSSR count). The van der Waals surface area contributed by atoms with Crippen LogP contribution < -0.4 is 0 Å². The number of rotatable bonds is 4. The molecular formula is C20H25N3O2. The number of nitriles is 1. The predicted octanol–water partition coefficient (Wildman–Crippen LogP) is 2.70. The summed E-state index contributed by atoms with van der Waals surface area (Å²) in [5.74, 6) is 0.325. The summed E-state index contributed by atoms with van der Waals surface area (Å²) in [5.41, 5.74) is 1.60. The first-order valence-electron chi connectivity index (χ1n) is 9.14. The van der Waals surface area contributed by atoms with Crippen molar-refractivity contribution in [2.24, 2.45) is 5.92 Å². The van der Waals surface area contributed by atoms with Gasteiger partial charge in [0.1, 0.15) is 6.04 Å². The van der Waals surface area contributed by atoms with Crippen molar-refractivity contribution in [2.75, 3.05) is 13.6 Å². The second kappa shape index (κ2) is 7.69. The monoisotopic (exact) mass is 339 g/mol. The maximum atomic E-state index is 12.9. The number of hydrogen-bond acceptors (Lipinski definition) is 3. The van der Waals surface area contributed by atoms with Gasteiger partial charge in [-0.15, -0.1) is 0 Å². The lowest BCUT2D eigenvalue weighted by Gasteiger charge is -2.30. The molecule has 0 radical (unpaired) electrons. The highest BCUT2D eigenvalue weighted by Gasteiger charge is 2.38. The van der Waals surface area contributed by atoms with Crippen molar-refractivity contribution in [3.8, 4) is 6.07 Å². The highest BCUT2D eigenvalue weighted by atomic mass is 16.2. The number of nitrogens with zero attached hydrogens (tertiary/aromatic N) is 3. The first-order valence-corrected chi connectivity index (χ1v) is 9.14. The van der Waals surface area contributed by atoms with E-state index in [9.17, 15) is 9.59 Å². The van der Waals surface area contributed by atoms with Gasteiger partial charge in [0.15, 0.2) is 0 Å². The molecular weight excluding hydrogens is 314 g/mol. The van der Waals surface area contributed by atoms with Crippen LogP contribution in [0.15, 0.2) is 24.3 Å². The molecule has 0 spiro atoms. The lowest BCUT2D eigenvalue weighted by Crippen LogP contribution is -2.47. The fourth-order valence-corrected chi connectivity index (χ4v) is 3.99. The van der Waals surface area contributed by atoms with E-state index < -0.39 is 0 Å². The molecule has 132 valence electrons. The highest BCUT2D eigenvalue weighted by Crippen LogP contribution is 2.30. The molecule has 1 unspecified atom stereocenters. The molecule has 2 aliphatic rings. The fraction of sp³-hybridized carbons (Fsp3) is 0.550. The van der Waals surface area contributed by atoms with E-state index in [0.29, 0.717) is 18.7 Å². The number of carbonyl (C=O) groups excluding carboxylic acids is 2. The molecule has 1 aromatic carbocycles. The molecule has 1 aromatic rings. The summed E-state index contributed by atoms with van der Waals surface area (Å²) in [4.78, 5) is 29.1. The Labute approximate surface area is 149 Å². The summed E-state index contributed by atoms with van der Waals surface area (Å²) in [6, 6.07) is 9.06. The largest absolute Gasteiger partial charge is 0.340 e. The standard InChI is InChI=1S/C20H25N3O2/c1-22(14-16-10-8-15(13-21)9-11-16)20(25)18-7-4-12-23(18)19(24)17-5-2-3-6-17/h8-11,17-18H,2-7,12,14H2,1H3. The van der Waals surface area contributed by atoms with Crippen molar-refractivity contribution in [2.45, 2.75) is 51.1 Å². The summed E-state index contributed by atoms with van der Waals surface area (Å²) in [5, 5.41) is 8.86. The first kappa shape index (κ1) is 17.5. The number of likely N-dealkylation sites (N-methyl/N-ethyl adjacent to an activating group) is 1. The highest BCUT2D eigenvalue weighted by molar-refractivity contribution is 5.89. The van der Waals surface area contributed by atoms with Gasteiger partial charge in [-0.25, -0.2) is 0 Å². The minimum absolute atomic E-state index is 0.0215. The number of carbonyl (C=O) groups is 2. The molecule has 1 aliphatic carbocycles. The van der Waals surface area contributed by atoms with Crippen molar-refractivity contribution >= 4 is 11.8 Å². The van der Waals surface area contributed by atoms with Crippen LogP contribution in [0.1, 0.15) is 49.7 Å². The zero-order chi connectivity index (χ0) is 17.8. The van der Waals surface area contributed by atoms with E-state index in [4.69, 9.17) is 5.26 Å². The lowest BCUT2D eigenvalue weighted by atomic mass is 10.1. The molecule has 1 saturated carbocycles. The first-order chi connectivity index (χ1) is 12.1. The summed E-state index contributed by atoms with van der Waals surface area (Å²) >= 11 is 0. The third-order valence-electron chi connectivity index (χ3n) is 5.40. The average Bonchev–Trinajstić information content (AvgIpc) is 3.32. The van der Waals surface area contributed by atoms with Crippen LogP contribution in [0.4, 0.5) is 0 Å². The van der Waals surface area contributed by atoms with Gasteiger partial charge >= 0.3 is 0 Å². The Hall–Kier alpha value is -2.35. The van der Waals surface area contributed by atoms with Gasteiger partial charge in [-0.3, -0.25) is 9.59 Å². The Balaban J connectivity index is 1.63. The van der Waals surface area contributed by atoms with Gasteiger partial charge in [-0.2, -0.15) is 5.26 Å². The van der Waals surface area contributed by atoms with Crippen LogP contribution in [0.2, 0.25) is 0 Å². The molecule has 1 atom stereocenters. The minimum Gasteiger partial charge on any atom is -0.340 e. The quantitative estimate of drug-likeness (QED) is 0.847. The van der Waals surface area contributed by atoms with Crippen LogP contribution in [-0.2, 0) is 16.1 Å². The SMILES string of the molecule is CN(Cc1ccc(C#N)cc1)C(=O)C1CCCN1C(=O)C1CCCC1. The Bertz CT molecular complexity index is 671. The molecule has 5 nitrogen and oxygen atoms in total. The second-order valence-electron chi connectivity index (χ2n) is 7.17. The van der Waals surface area contributed by atoms with E-state index in [1.807, 2.05) is 17.0 Å². The molecule has 5 heteroatoms. The molecule has 1 heterocycles. The minimum atomic E-state index is -0.309. The topological polar surface area (TPSA) is 64.4 Å². The van der Waals surface area contributed by atoms with Crippen molar-refractivity contribution in [3.63, 3.8) is 0 Å². The molecule has 0 aromatic heterocycles. The Morgan fingerprint density at radius 1 is 1.16 bits per heavy atom. The van der Waals surface area contributed by atoms with Gasteiger partial charge in [0.05, 0.1) is 11.6 Å². The fourth-order valence-electron chi connectivity index (χ4n) is 3.99. The van der Waals surface area contributed by atoms with Crippen LogP contribution in [-0.4, -0.2) is 41.2 Å². The summed E-state index contributed by atoms with van der Waals surface area (Å²) in [6.45, 7) is 1.20. The van der Waals surface area contributed by atoms with E-state index in [-0.39, 0.29) is 23.8 Å². The normalized spacial score (nSPS) is 20.5. The maximum Gasteiger partial charge on any atom is 0.245 e. The van der Waals surface area contributed by atoms with Crippen molar-refractivity contribution < 1.29 is 9.59 Å². The van der Waals surface area contributed by atoms with Crippen LogP contribution in [0.3, 0.4) is 0 Å². The van der Waals surface area contributed by atoms with E-state index >= 15 is 0 Å². The van der Waals surface area contributed by atoms with Gasteiger partial charge in [-0.05, 0) is 43.4 Å². The number of hydrogen-bond donors (Lipinski definition) is 0. The van der Waals surface area contributed by atoms with E-state index in [2.05, 4.69) is 6.07 Å². The van der Waals surface area contributed by atoms with Crippen LogP contribution in [0.5, 0.6) is 0 Å². The molecule has 0 bridgehead atoms. The molecule has 0 N–H and O–H groups in total. The van der Waals surface area contributed by atoms with Crippen LogP contribution in [0, 0.1) is 17.2 Å². The Kier molecular flexibility index (Phi) is 5.37. The number of benzene rings is 1. The second-order valence-corrected chi connectivity index (χ2v) is 7.17. The smallest absolute Gasteiger partial charge is 0.245 e. The third-order valence-corrected chi connectivity index (χ3v) is 5.40. The summed E-state index contributed by atoms with van der Waals surface area (Å²) in [6.07, 6.45) is 5.85. The zero-order valence-corrected chi connectivity index (χ0v) is 14.8. The van der Waals surface area contributed by atoms with Gasteiger partial charge in [-0.1, -0.05) is 25.0 Å². The van der Waals surface area contributed by atoms with Crippen LogP contribution in [0.25, 0.3) is 0 Å². The van der Waals surface area contributed by atoms with Gasteiger partial charge in [0.25, 0.3) is 0 Å². The summed E-state index contributed by atoms with van der Waals surface area (Å²) in [7, 11) is 1.79. The number of amides is 2. The maximum absolute atomic E-state index is 12.9. The zero-order valence-electron chi connectivity index (χ0n) is 14.8. The Morgan fingerprint density at radius 3 is 2.48 bits per heavy atom. The molecule has 2 fully saturated rings. The van der Waals surface area contributed by atoms with E-state index in [1.54, 1.807) is 24.1 Å². The van der Waals surface area contributed by atoms with Gasteiger partial charge in [0.2, 0.25) is 11.8 Å². The van der Waals surface area contributed by atoms with Crippen molar-refractivity contribution in [1.29, 1.82) is 5.26 Å². The molecule has 1 saturated heterocycles. The van der Waals surface area contributed by atoms with Gasteiger partial charge in [0, 0.05) is 26.1 Å². The van der Waals surface area contributed by atoms with Gasteiger partial charge < -0.3 is 9.80 Å². The molecule has 1 aliphatic heterocycles. The molecule has 25 heavy (non-hydrogen) atoms. The summed E-state index contributed by atoms with van der Waals surface area (Å²) < 4.78 is 0. The van der Waals surface area contributed by atoms with E-state index in [1.165, 1.54) is 0 Å². The van der Waals surface area contributed by atoms with E-state index in [0.717, 1.165) is 44.1 Å². The van der Waals surface area contributed by atoms with Crippen LogP contribution >= 0.6 is 0 Å². The average molecular weight is 339 g/mol. The Morgan fingerprint density at radius 2 is 1.84 bits per heavy atom. The number of likely N-dealkylation sites (tertiary alicyclic amines) is 1. The lowest BCUT2D eigenvalue weighted by molar-refractivity contribution is -0.145. The van der Waals surface area contributed by atoms with Crippen molar-refractivity contribution in [1.82, 2.24) is 9.80 Å². The van der Waals surface area contributed by atoms with Crippen molar-refractivity contribution in [3.05, 3.63) is 35.4 Å². The molecule has 2 amide bonds.